The minimum absolute atomic E-state index is 0.0467. The van der Waals surface area contributed by atoms with Gasteiger partial charge in [-0.3, -0.25) is 24.0 Å². The van der Waals surface area contributed by atoms with Gasteiger partial charge in [0.25, 0.3) is 0 Å². The molecule has 2 aromatic rings. The molecule has 11 N–H and O–H groups in total. The molecule has 0 aliphatic heterocycles. The summed E-state index contributed by atoms with van der Waals surface area (Å²) < 4.78 is 0. The maximum absolute atomic E-state index is 13.4. The quantitative estimate of drug-likeness (QED) is 0.0976. The molecule has 0 saturated heterocycles. The van der Waals surface area contributed by atoms with Crippen LogP contribution in [-0.2, 0) is 35.2 Å². The third-order valence-electron chi connectivity index (χ3n) is 6.31. The van der Waals surface area contributed by atoms with Crippen LogP contribution in [0, 0.1) is 0 Å². The average molecular weight is 577 g/mol. The summed E-state index contributed by atoms with van der Waals surface area (Å²) >= 11 is 0. The number of para-hydroxylation sites is 1. The fraction of sp³-hybridized carbons (Fsp3) is 0.462. The number of carboxylic acid groups (broad SMARTS) is 3. The Balaban J connectivity index is 2.27. The third-order valence-corrected chi connectivity index (χ3v) is 6.31. The number of fused-ring (bicyclic) bond motifs is 1. The van der Waals surface area contributed by atoms with E-state index in [0.717, 1.165) is 10.9 Å². The zero-order valence-corrected chi connectivity index (χ0v) is 22.3. The molecule has 2 rings (SSSR count). The second kappa shape index (κ2) is 15.9. The molecule has 0 bridgehead atoms. The number of unbranched alkanes of at least 4 members (excludes halogenated alkanes) is 1. The molecule has 1 heterocycles. The molecule has 4 atom stereocenters. The molecule has 1 aromatic carbocycles. The zero-order valence-electron chi connectivity index (χ0n) is 22.3. The van der Waals surface area contributed by atoms with Crippen molar-refractivity contribution in [2.24, 2.45) is 11.5 Å². The van der Waals surface area contributed by atoms with Crippen LogP contribution in [0.5, 0.6) is 0 Å². The number of amides is 3. The van der Waals surface area contributed by atoms with Crippen molar-refractivity contribution in [1.82, 2.24) is 20.9 Å². The van der Waals surface area contributed by atoms with Gasteiger partial charge in [-0.25, -0.2) is 4.79 Å². The normalized spacial score (nSPS) is 13.9. The Hall–Kier alpha value is -4.50. The van der Waals surface area contributed by atoms with Crippen LogP contribution >= 0.6 is 0 Å². The number of hydrogen-bond donors (Lipinski definition) is 9. The minimum Gasteiger partial charge on any atom is -0.481 e. The highest BCUT2D eigenvalue weighted by atomic mass is 16.4. The van der Waals surface area contributed by atoms with Crippen LogP contribution in [0.4, 0.5) is 0 Å². The Kier molecular flexibility index (Phi) is 12.7. The van der Waals surface area contributed by atoms with Crippen molar-refractivity contribution in [2.75, 3.05) is 6.54 Å². The molecule has 0 spiro atoms. The van der Waals surface area contributed by atoms with Crippen molar-refractivity contribution < 1.29 is 44.1 Å². The molecule has 0 saturated carbocycles. The van der Waals surface area contributed by atoms with E-state index < -0.39 is 79.1 Å². The molecule has 0 fully saturated rings. The molecule has 15 nitrogen and oxygen atoms in total. The summed E-state index contributed by atoms with van der Waals surface area (Å²) in [6, 6.07) is 1.61. The molecule has 3 amide bonds. The first kappa shape index (κ1) is 32.7. The first-order chi connectivity index (χ1) is 19.4. The van der Waals surface area contributed by atoms with Crippen LogP contribution in [0.2, 0.25) is 0 Å². The lowest BCUT2D eigenvalue weighted by molar-refractivity contribution is -0.144. The van der Waals surface area contributed by atoms with E-state index >= 15 is 0 Å². The van der Waals surface area contributed by atoms with Crippen molar-refractivity contribution in [2.45, 2.75) is 69.1 Å². The number of aliphatic carboxylic acids is 3. The molecule has 4 unspecified atom stereocenters. The number of benzene rings is 1. The lowest BCUT2D eigenvalue weighted by Gasteiger charge is -2.24. The summed E-state index contributed by atoms with van der Waals surface area (Å²) in [5.74, 6) is -6.99. The lowest BCUT2D eigenvalue weighted by Crippen LogP contribution is -2.58. The summed E-state index contributed by atoms with van der Waals surface area (Å²) in [5, 5.41) is 35.2. The van der Waals surface area contributed by atoms with Gasteiger partial charge in [0, 0.05) is 29.9 Å². The van der Waals surface area contributed by atoms with Crippen molar-refractivity contribution in [3.63, 3.8) is 0 Å². The SMILES string of the molecule is NCCCCC(N)C(=O)NC(Cc1c[nH]c2ccccc12)C(=O)NC(CC(=O)O)C(=O)NC(CCC(=O)O)C(=O)O. The van der Waals surface area contributed by atoms with E-state index in [4.69, 9.17) is 16.6 Å². The number of aromatic nitrogens is 1. The van der Waals surface area contributed by atoms with Gasteiger partial charge in [-0.15, -0.1) is 0 Å². The largest absolute Gasteiger partial charge is 0.481 e. The molecule has 0 aliphatic carbocycles. The number of nitrogens with two attached hydrogens (primary N) is 2. The predicted molar refractivity (Wildman–Crippen MR) is 145 cm³/mol. The van der Waals surface area contributed by atoms with E-state index in [1.54, 1.807) is 18.3 Å². The summed E-state index contributed by atoms with van der Waals surface area (Å²) in [5.41, 5.74) is 12.9. The van der Waals surface area contributed by atoms with Crippen molar-refractivity contribution in [3.8, 4) is 0 Å². The van der Waals surface area contributed by atoms with Gasteiger partial charge in [-0.2, -0.15) is 0 Å². The Labute approximate surface area is 235 Å². The van der Waals surface area contributed by atoms with Gasteiger partial charge in [-0.1, -0.05) is 24.6 Å². The van der Waals surface area contributed by atoms with E-state index in [1.807, 2.05) is 12.1 Å². The van der Waals surface area contributed by atoms with Gasteiger partial charge >= 0.3 is 17.9 Å². The molecular formula is C26H36N6O9. The molecule has 0 radical (unpaired) electrons. The summed E-state index contributed by atoms with van der Waals surface area (Å²) in [6.45, 7) is 0.423. The van der Waals surface area contributed by atoms with Crippen LogP contribution in [0.1, 0.15) is 44.1 Å². The smallest absolute Gasteiger partial charge is 0.326 e. The number of nitrogens with one attached hydrogen (secondary N) is 4. The summed E-state index contributed by atoms with van der Waals surface area (Å²) in [4.78, 5) is 76.0. The van der Waals surface area contributed by atoms with Gasteiger partial charge in [0.2, 0.25) is 17.7 Å². The van der Waals surface area contributed by atoms with Gasteiger partial charge in [0.05, 0.1) is 12.5 Å². The van der Waals surface area contributed by atoms with Gasteiger partial charge in [0.15, 0.2) is 0 Å². The second-order valence-electron chi connectivity index (χ2n) is 9.51. The predicted octanol–water partition coefficient (Wildman–Crippen LogP) is -0.955. The zero-order chi connectivity index (χ0) is 30.5. The summed E-state index contributed by atoms with van der Waals surface area (Å²) in [7, 11) is 0. The summed E-state index contributed by atoms with van der Waals surface area (Å²) in [6.07, 6.45) is 1.20. The second-order valence-corrected chi connectivity index (χ2v) is 9.51. The lowest BCUT2D eigenvalue weighted by atomic mass is 10.0. The van der Waals surface area contributed by atoms with E-state index in [1.165, 1.54) is 0 Å². The van der Waals surface area contributed by atoms with Crippen LogP contribution < -0.4 is 27.4 Å². The standard InChI is InChI=1S/C26H36N6O9/c27-10-4-3-6-16(28)23(37)31-19(11-14-13-29-17-7-2-1-5-15(14)17)24(38)32-20(12-22(35)36)25(39)30-18(26(40)41)8-9-21(33)34/h1-2,5,7,13,16,18-20,29H,3-4,6,8-12,27-28H2,(H,30,39)(H,31,37)(H,32,38)(H,33,34)(H,35,36)(H,40,41). The Bertz CT molecular complexity index is 1250. The number of carbonyl (C=O) groups is 6. The van der Waals surface area contributed by atoms with E-state index in [0.29, 0.717) is 31.4 Å². The van der Waals surface area contributed by atoms with Crippen LogP contribution in [0.15, 0.2) is 30.5 Å². The molecule has 0 aliphatic rings. The highest BCUT2D eigenvalue weighted by Crippen LogP contribution is 2.19. The number of carboxylic acids is 3. The maximum Gasteiger partial charge on any atom is 0.326 e. The molecule has 15 heteroatoms. The highest BCUT2D eigenvalue weighted by molar-refractivity contribution is 5.96. The van der Waals surface area contributed by atoms with Crippen molar-refractivity contribution >= 4 is 46.5 Å². The molecule has 1 aromatic heterocycles. The Morgan fingerprint density at radius 2 is 1.44 bits per heavy atom. The first-order valence-electron chi connectivity index (χ1n) is 13.0. The van der Waals surface area contributed by atoms with Crippen molar-refractivity contribution in [1.29, 1.82) is 0 Å². The highest BCUT2D eigenvalue weighted by Gasteiger charge is 2.32. The number of rotatable bonds is 18. The fourth-order valence-corrected chi connectivity index (χ4v) is 4.10. The van der Waals surface area contributed by atoms with E-state index in [2.05, 4.69) is 20.9 Å². The van der Waals surface area contributed by atoms with Crippen LogP contribution in [0.3, 0.4) is 0 Å². The number of carbonyl (C=O) groups excluding carboxylic acids is 3. The Morgan fingerprint density at radius 1 is 0.805 bits per heavy atom. The molecule has 41 heavy (non-hydrogen) atoms. The fourth-order valence-electron chi connectivity index (χ4n) is 4.10. The molecular weight excluding hydrogens is 540 g/mol. The number of hydrogen-bond acceptors (Lipinski definition) is 8. The monoisotopic (exact) mass is 576 g/mol. The minimum atomic E-state index is -1.73. The maximum atomic E-state index is 13.4. The first-order valence-corrected chi connectivity index (χ1v) is 13.0. The van der Waals surface area contributed by atoms with E-state index in [9.17, 15) is 39.0 Å². The Morgan fingerprint density at radius 3 is 2.07 bits per heavy atom. The van der Waals surface area contributed by atoms with Crippen LogP contribution in [0.25, 0.3) is 10.9 Å². The van der Waals surface area contributed by atoms with Gasteiger partial charge in [0.1, 0.15) is 18.1 Å². The number of aromatic amines is 1. The van der Waals surface area contributed by atoms with Crippen molar-refractivity contribution in [3.05, 3.63) is 36.0 Å². The average Bonchev–Trinajstić information content (AvgIpc) is 3.32. The van der Waals surface area contributed by atoms with Gasteiger partial charge < -0.3 is 47.7 Å². The topological polar surface area (TPSA) is 267 Å². The number of H-pyrrole nitrogens is 1. The third kappa shape index (κ3) is 10.5. The molecule has 224 valence electrons. The van der Waals surface area contributed by atoms with E-state index in [-0.39, 0.29) is 6.42 Å². The van der Waals surface area contributed by atoms with Crippen LogP contribution in [-0.4, -0.2) is 86.6 Å². The van der Waals surface area contributed by atoms with Gasteiger partial charge in [-0.05, 0) is 37.4 Å².